The number of ether oxygens (including phenoxy) is 1. The lowest BCUT2D eigenvalue weighted by molar-refractivity contribution is 0.400. The average Bonchev–Trinajstić information content (AvgIpc) is 2.48. The molecule has 0 spiro atoms. The summed E-state index contributed by atoms with van der Waals surface area (Å²) in [4.78, 5) is 0. The van der Waals surface area contributed by atoms with Crippen LogP contribution >= 0.6 is 0 Å². The molecule has 4 N–H and O–H groups in total. The predicted molar refractivity (Wildman–Crippen MR) is 82.1 cm³/mol. The zero-order valence-corrected chi connectivity index (χ0v) is 12.3. The second-order valence-corrected chi connectivity index (χ2v) is 4.96. The third-order valence-electron chi connectivity index (χ3n) is 3.45. The smallest absolute Gasteiger partial charge is 0.127 e. The molecule has 1 aliphatic heterocycles. The minimum atomic E-state index is 0.844. The van der Waals surface area contributed by atoms with Gasteiger partial charge in [-0.25, -0.2) is 0 Å². The van der Waals surface area contributed by atoms with E-state index < -0.39 is 0 Å². The van der Waals surface area contributed by atoms with Crippen LogP contribution in [-0.4, -0.2) is 46.4 Å². The molecule has 1 heterocycles. The maximum Gasteiger partial charge on any atom is 0.127 e. The molecule has 5 heteroatoms. The molecule has 1 aromatic carbocycles. The largest absolute Gasteiger partial charge is 0.496 e. The molecule has 2 rings (SSSR count). The number of fused-ring (bicyclic) bond motifs is 2. The molecule has 0 atom stereocenters. The third-order valence-corrected chi connectivity index (χ3v) is 3.45. The van der Waals surface area contributed by atoms with Crippen LogP contribution in [0.15, 0.2) is 18.2 Å². The summed E-state index contributed by atoms with van der Waals surface area (Å²) in [6.45, 7) is 7.62. The van der Waals surface area contributed by atoms with Crippen molar-refractivity contribution in [3.63, 3.8) is 0 Å². The molecule has 1 aromatic rings. The van der Waals surface area contributed by atoms with Gasteiger partial charge in [0.1, 0.15) is 5.75 Å². The van der Waals surface area contributed by atoms with Crippen LogP contribution in [0.25, 0.3) is 0 Å². The lowest BCUT2D eigenvalue weighted by atomic mass is 10.1. The topological polar surface area (TPSA) is 57.4 Å². The van der Waals surface area contributed by atoms with Gasteiger partial charge in [0.15, 0.2) is 0 Å². The van der Waals surface area contributed by atoms with Crippen LogP contribution < -0.4 is 26.0 Å². The maximum absolute atomic E-state index is 5.59. The molecule has 112 valence electrons. The molecule has 2 bridgehead atoms. The monoisotopic (exact) mass is 278 g/mol. The van der Waals surface area contributed by atoms with Crippen molar-refractivity contribution in [2.45, 2.75) is 13.1 Å². The molecule has 1 aliphatic rings. The second kappa shape index (κ2) is 8.92. The molecule has 0 radical (unpaired) electrons. The van der Waals surface area contributed by atoms with E-state index in [-0.39, 0.29) is 0 Å². The molecular formula is C15H26N4O. The predicted octanol–water partition coefficient (Wildman–Crippen LogP) is 0.0672. The summed E-state index contributed by atoms with van der Waals surface area (Å²) in [5, 5.41) is 13.7. The average molecular weight is 278 g/mol. The summed E-state index contributed by atoms with van der Waals surface area (Å²) in [6, 6.07) is 6.36. The highest BCUT2D eigenvalue weighted by molar-refractivity contribution is 5.41. The standard InChI is InChI=1S/C15H26N4O/c1-20-15-13-3-2-4-14(15)12-19-10-8-17-6-5-16-7-9-18-11-13/h2-4,16-19H,5-12H2,1H3. The first-order valence-electron chi connectivity index (χ1n) is 7.39. The molecule has 5 nitrogen and oxygen atoms in total. The molecule has 20 heavy (non-hydrogen) atoms. The molecule has 0 aliphatic carbocycles. The Labute approximate surface area is 121 Å². The number of hydrogen-bond acceptors (Lipinski definition) is 5. The van der Waals surface area contributed by atoms with Crippen LogP contribution in [-0.2, 0) is 13.1 Å². The summed E-state index contributed by atoms with van der Waals surface area (Å²) >= 11 is 0. The summed E-state index contributed by atoms with van der Waals surface area (Å²) < 4.78 is 5.59. The Morgan fingerprint density at radius 1 is 0.750 bits per heavy atom. The summed E-state index contributed by atoms with van der Waals surface area (Å²) in [6.07, 6.45) is 0. The van der Waals surface area contributed by atoms with Crippen molar-refractivity contribution in [3.05, 3.63) is 29.3 Å². The number of nitrogens with one attached hydrogen (secondary N) is 4. The maximum atomic E-state index is 5.59. The Bertz CT molecular complexity index is 365. The van der Waals surface area contributed by atoms with Gasteiger partial charge >= 0.3 is 0 Å². The number of rotatable bonds is 1. The molecule has 0 fully saturated rings. The highest BCUT2D eigenvalue weighted by Gasteiger charge is 2.08. The lowest BCUT2D eigenvalue weighted by Crippen LogP contribution is -2.34. The zero-order valence-electron chi connectivity index (χ0n) is 12.3. The summed E-state index contributed by atoms with van der Waals surface area (Å²) in [7, 11) is 1.75. The van der Waals surface area contributed by atoms with Gasteiger partial charge in [0.2, 0.25) is 0 Å². The van der Waals surface area contributed by atoms with Crippen molar-refractivity contribution in [2.75, 3.05) is 46.4 Å². The summed E-state index contributed by atoms with van der Waals surface area (Å²) in [5.41, 5.74) is 2.44. The quantitative estimate of drug-likeness (QED) is 0.586. The minimum Gasteiger partial charge on any atom is -0.496 e. The van der Waals surface area contributed by atoms with Crippen molar-refractivity contribution in [3.8, 4) is 5.75 Å². The van der Waals surface area contributed by atoms with E-state index in [4.69, 9.17) is 4.74 Å². The van der Waals surface area contributed by atoms with Crippen LogP contribution in [0.3, 0.4) is 0 Å². The van der Waals surface area contributed by atoms with E-state index in [0.29, 0.717) is 0 Å². The van der Waals surface area contributed by atoms with Crippen molar-refractivity contribution < 1.29 is 4.74 Å². The fraction of sp³-hybridized carbons (Fsp3) is 0.600. The number of para-hydroxylation sites is 1. The molecule has 0 saturated carbocycles. The second-order valence-electron chi connectivity index (χ2n) is 4.96. The van der Waals surface area contributed by atoms with Gasteiger partial charge in [-0.1, -0.05) is 18.2 Å². The van der Waals surface area contributed by atoms with Crippen LogP contribution in [0.2, 0.25) is 0 Å². The molecule has 0 unspecified atom stereocenters. The Balaban J connectivity index is 2.03. The highest BCUT2D eigenvalue weighted by Crippen LogP contribution is 2.23. The van der Waals surface area contributed by atoms with E-state index in [1.807, 2.05) is 0 Å². The first-order chi connectivity index (χ1) is 9.92. The number of hydrogen-bond donors (Lipinski definition) is 4. The van der Waals surface area contributed by atoms with Gasteiger partial charge in [-0.2, -0.15) is 0 Å². The van der Waals surface area contributed by atoms with Gasteiger partial charge in [-0.15, -0.1) is 0 Å². The highest BCUT2D eigenvalue weighted by atomic mass is 16.5. The van der Waals surface area contributed by atoms with Crippen molar-refractivity contribution in [1.29, 1.82) is 0 Å². The van der Waals surface area contributed by atoms with Gasteiger partial charge < -0.3 is 26.0 Å². The van der Waals surface area contributed by atoms with E-state index >= 15 is 0 Å². The van der Waals surface area contributed by atoms with Gasteiger partial charge in [0.05, 0.1) is 7.11 Å². The van der Waals surface area contributed by atoms with Crippen LogP contribution in [0.4, 0.5) is 0 Å². The Kier molecular flexibility index (Phi) is 6.80. The Morgan fingerprint density at radius 3 is 1.65 bits per heavy atom. The fourth-order valence-electron chi connectivity index (χ4n) is 2.41. The van der Waals surface area contributed by atoms with E-state index in [0.717, 1.165) is 58.1 Å². The first kappa shape index (κ1) is 15.3. The van der Waals surface area contributed by atoms with Gasteiger partial charge in [0.25, 0.3) is 0 Å². The van der Waals surface area contributed by atoms with Crippen LogP contribution in [0.1, 0.15) is 11.1 Å². The fourth-order valence-corrected chi connectivity index (χ4v) is 2.41. The molecule has 0 saturated heterocycles. The molecular weight excluding hydrogens is 252 g/mol. The third kappa shape index (κ3) is 4.76. The van der Waals surface area contributed by atoms with Gasteiger partial charge in [-0.05, 0) is 0 Å². The van der Waals surface area contributed by atoms with Crippen molar-refractivity contribution in [2.24, 2.45) is 0 Å². The Morgan fingerprint density at radius 2 is 1.20 bits per heavy atom. The van der Waals surface area contributed by atoms with Crippen molar-refractivity contribution in [1.82, 2.24) is 21.3 Å². The normalized spacial score (nSPS) is 18.9. The van der Waals surface area contributed by atoms with E-state index in [9.17, 15) is 0 Å². The summed E-state index contributed by atoms with van der Waals surface area (Å²) in [5.74, 6) is 1.00. The van der Waals surface area contributed by atoms with Gasteiger partial charge in [0, 0.05) is 63.5 Å². The lowest BCUT2D eigenvalue weighted by Gasteiger charge is -2.14. The van der Waals surface area contributed by atoms with Crippen LogP contribution in [0.5, 0.6) is 5.75 Å². The SMILES string of the molecule is COc1c2cccc1CNCCNCCNCCNC2. The zero-order chi connectivity index (χ0) is 14.0. The van der Waals surface area contributed by atoms with Gasteiger partial charge in [-0.3, -0.25) is 0 Å². The molecule has 0 aromatic heterocycles. The molecule has 0 amide bonds. The van der Waals surface area contributed by atoms with E-state index in [1.165, 1.54) is 11.1 Å². The van der Waals surface area contributed by atoms with E-state index in [1.54, 1.807) is 7.11 Å². The minimum absolute atomic E-state index is 0.844. The van der Waals surface area contributed by atoms with Crippen molar-refractivity contribution >= 4 is 0 Å². The Hall–Kier alpha value is -1.14. The van der Waals surface area contributed by atoms with Crippen LogP contribution in [0, 0.1) is 0 Å². The number of methoxy groups -OCH3 is 1. The number of benzene rings is 1. The first-order valence-corrected chi connectivity index (χ1v) is 7.39. The van der Waals surface area contributed by atoms with E-state index in [2.05, 4.69) is 39.5 Å².